The fourth-order valence-electron chi connectivity index (χ4n) is 1.49. The van der Waals surface area contributed by atoms with E-state index in [4.69, 9.17) is 11.6 Å². The maximum Gasteiger partial charge on any atom is 0.256 e. The highest BCUT2D eigenvalue weighted by Gasteiger charge is 2.13. The minimum atomic E-state index is -0.657. The van der Waals surface area contributed by atoms with E-state index in [9.17, 15) is 9.18 Å². The van der Waals surface area contributed by atoms with Gasteiger partial charge in [-0.25, -0.2) is 4.39 Å². The van der Waals surface area contributed by atoms with Crippen LogP contribution in [0, 0.1) is 5.82 Å². The zero-order valence-electron chi connectivity index (χ0n) is 9.45. The van der Waals surface area contributed by atoms with Gasteiger partial charge in [-0.15, -0.1) is 12.6 Å². The Balaban J connectivity index is 2.28. The topological polar surface area (TPSA) is 29.1 Å². The molecule has 2 aromatic rings. The Hall–Kier alpha value is -1.04. The second-order valence-electron chi connectivity index (χ2n) is 3.72. The van der Waals surface area contributed by atoms with Crippen LogP contribution in [0.4, 0.5) is 10.1 Å². The molecule has 0 bridgehead atoms. The molecule has 2 rings (SSSR count). The van der Waals surface area contributed by atoms with Crippen molar-refractivity contribution in [3.05, 3.63) is 57.3 Å². The van der Waals surface area contributed by atoms with Gasteiger partial charge in [0.15, 0.2) is 5.82 Å². The van der Waals surface area contributed by atoms with Crippen LogP contribution >= 0.6 is 40.2 Å². The molecule has 1 N–H and O–H groups in total. The molecule has 0 aliphatic rings. The number of anilines is 1. The zero-order chi connectivity index (χ0) is 14.0. The summed E-state index contributed by atoms with van der Waals surface area (Å²) in [4.78, 5) is 12.5. The predicted molar refractivity (Wildman–Crippen MR) is 80.8 cm³/mol. The number of halogens is 3. The monoisotopic (exact) mass is 359 g/mol. The fourth-order valence-corrected chi connectivity index (χ4v) is 2.51. The first-order valence-corrected chi connectivity index (χ1v) is 6.84. The van der Waals surface area contributed by atoms with E-state index in [0.717, 1.165) is 4.47 Å². The van der Waals surface area contributed by atoms with E-state index in [2.05, 4.69) is 33.9 Å². The van der Waals surface area contributed by atoms with Crippen molar-refractivity contribution >= 4 is 51.8 Å². The van der Waals surface area contributed by atoms with E-state index < -0.39 is 11.7 Å². The molecule has 19 heavy (non-hydrogen) atoms. The van der Waals surface area contributed by atoms with Crippen molar-refractivity contribution in [3.63, 3.8) is 0 Å². The Morgan fingerprint density at radius 1 is 1.32 bits per heavy atom. The molecule has 98 valence electrons. The number of carbonyl (C=O) groups is 1. The minimum absolute atomic E-state index is 0.0353. The van der Waals surface area contributed by atoms with Gasteiger partial charge >= 0.3 is 0 Å². The van der Waals surface area contributed by atoms with E-state index in [-0.39, 0.29) is 10.7 Å². The van der Waals surface area contributed by atoms with E-state index in [1.54, 1.807) is 24.3 Å². The lowest BCUT2D eigenvalue weighted by molar-refractivity contribution is 0.102. The maximum absolute atomic E-state index is 13.7. The first-order chi connectivity index (χ1) is 8.99. The van der Waals surface area contributed by atoms with Crippen molar-refractivity contribution in [2.45, 2.75) is 4.90 Å². The van der Waals surface area contributed by atoms with Crippen molar-refractivity contribution in [3.8, 4) is 0 Å². The van der Waals surface area contributed by atoms with Crippen molar-refractivity contribution in [2.75, 3.05) is 5.32 Å². The maximum atomic E-state index is 13.7. The molecule has 0 unspecified atom stereocenters. The van der Waals surface area contributed by atoms with E-state index in [0.29, 0.717) is 10.5 Å². The number of carbonyl (C=O) groups excluding carboxylic acids is 1. The summed E-state index contributed by atoms with van der Waals surface area (Å²) in [5.74, 6) is -1.10. The minimum Gasteiger partial charge on any atom is -0.319 e. The van der Waals surface area contributed by atoms with Crippen LogP contribution in [0.5, 0.6) is 0 Å². The van der Waals surface area contributed by atoms with Crippen LogP contribution in [0.15, 0.2) is 45.8 Å². The Bertz CT molecular complexity index is 651. The summed E-state index contributed by atoms with van der Waals surface area (Å²) in [5, 5.41) is 2.42. The highest BCUT2D eigenvalue weighted by molar-refractivity contribution is 9.10. The van der Waals surface area contributed by atoms with Crippen LogP contribution in [-0.2, 0) is 0 Å². The normalized spacial score (nSPS) is 10.3. The molecule has 0 heterocycles. The van der Waals surface area contributed by atoms with Gasteiger partial charge in [0.1, 0.15) is 0 Å². The summed E-state index contributed by atoms with van der Waals surface area (Å²) in [6.45, 7) is 0. The van der Waals surface area contributed by atoms with E-state index >= 15 is 0 Å². The van der Waals surface area contributed by atoms with Crippen LogP contribution in [0.3, 0.4) is 0 Å². The van der Waals surface area contributed by atoms with Gasteiger partial charge in [0, 0.05) is 9.37 Å². The molecule has 0 aromatic heterocycles. The fraction of sp³-hybridized carbons (Fsp3) is 0. The van der Waals surface area contributed by atoms with Crippen LogP contribution in [0.2, 0.25) is 5.02 Å². The largest absolute Gasteiger partial charge is 0.319 e. The Morgan fingerprint density at radius 3 is 2.74 bits per heavy atom. The van der Waals surface area contributed by atoms with Gasteiger partial charge < -0.3 is 5.32 Å². The van der Waals surface area contributed by atoms with Crippen LogP contribution in [0.25, 0.3) is 0 Å². The molecule has 0 spiro atoms. The number of thiol groups is 1. The number of rotatable bonds is 2. The first kappa shape index (κ1) is 14.4. The van der Waals surface area contributed by atoms with Gasteiger partial charge in [0.2, 0.25) is 0 Å². The summed E-state index contributed by atoms with van der Waals surface area (Å²) in [5.41, 5.74) is 0.388. The van der Waals surface area contributed by atoms with Crippen LogP contribution in [0.1, 0.15) is 10.4 Å². The summed E-state index contributed by atoms with van der Waals surface area (Å²) in [6, 6.07) is 9.41. The summed E-state index contributed by atoms with van der Waals surface area (Å²) >= 11 is 13.1. The number of benzene rings is 2. The van der Waals surface area contributed by atoms with Crippen molar-refractivity contribution in [1.29, 1.82) is 0 Å². The van der Waals surface area contributed by atoms with Crippen molar-refractivity contribution in [1.82, 2.24) is 0 Å². The average molecular weight is 361 g/mol. The van der Waals surface area contributed by atoms with Gasteiger partial charge in [-0.3, -0.25) is 4.79 Å². The lowest BCUT2D eigenvalue weighted by atomic mass is 10.2. The molecule has 0 saturated heterocycles. The van der Waals surface area contributed by atoms with Crippen molar-refractivity contribution in [2.24, 2.45) is 0 Å². The second-order valence-corrected chi connectivity index (χ2v) is 5.52. The molecule has 6 heteroatoms. The number of hydrogen-bond acceptors (Lipinski definition) is 2. The van der Waals surface area contributed by atoms with Gasteiger partial charge in [0.05, 0.1) is 16.3 Å². The Kier molecular flexibility index (Phi) is 4.50. The Labute approximate surface area is 128 Å². The lowest BCUT2D eigenvalue weighted by Gasteiger charge is -2.09. The molecule has 0 aliphatic heterocycles. The van der Waals surface area contributed by atoms with Gasteiger partial charge in [0.25, 0.3) is 5.91 Å². The predicted octanol–water partition coefficient (Wildman–Crippen LogP) is 4.78. The standard InChI is InChI=1S/C13H8BrClFNOS/c14-7-4-5-8(11(19)6-7)13(18)17-10-3-1-2-9(15)12(10)16/h1-6,19H,(H,17,18). The van der Waals surface area contributed by atoms with Gasteiger partial charge in [-0.05, 0) is 30.3 Å². The molecule has 2 aromatic carbocycles. The van der Waals surface area contributed by atoms with Gasteiger partial charge in [-0.1, -0.05) is 33.6 Å². The van der Waals surface area contributed by atoms with Gasteiger partial charge in [-0.2, -0.15) is 0 Å². The first-order valence-electron chi connectivity index (χ1n) is 5.23. The number of nitrogens with one attached hydrogen (secondary N) is 1. The van der Waals surface area contributed by atoms with Crippen LogP contribution in [-0.4, -0.2) is 5.91 Å². The molecule has 2 nitrogen and oxygen atoms in total. The summed E-state index contributed by atoms with van der Waals surface area (Å²) in [6.07, 6.45) is 0. The molecular weight excluding hydrogens is 353 g/mol. The molecule has 0 radical (unpaired) electrons. The van der Waals surface area contributed by atoms with Crippen LogP contribution < -0.4 is 5.32 Å². The molecule has 0 saturated carbocycles. The molecule has 0 aliphatic carbocycles. The second kappa shape index (κ2) is 5.94. The molecular formula is C13H8BrClFNOS. The Morgan fingerprint density at radius 2 is 2.05 bits per heavy atom. The third kappa shape index (κ3) is 3.29. The summed E-state index contributed by atoms with van der Waals surface area (Å²) < 4.78 is 14.5. The average Bonchev–Trinajstić information content (AvgIpc) is 2.34. The highest BCUT2D eigenvalue weighted by atomic mass is 79.9. The van der Waals surface area contributed by atoms with E-state index in [1.807, 2.05) is 0 Å². The quantitative estimate of drug-likeness (QED) is 0.741. The van der Waals surface area contributed by atoms with Crippen molar-refractivity contribution < 1.29 is 9.18 Å². The molecule has 0 atom stereocenters. The lowest BCUT2D eigenvalue weighted by Crippen LogP contribution is -2.13. The molecule has 0 fully saturated rings. The number of amides is 1. The SMILES string of the molecule is O=C(Nc1cccc(Cl)c1F)c1ccc(Br)cc1S. The number of hydrogen-bond donors (Lipinski definition) is 2. The highest BCUT2D eigenvalue weighted by Crippen LogP contribution is 2.24. The smallest absolute Gasteiger partial charge is 0.256 e. The summed E-state index contributed by atoms with van der Waals surface area (Å²) in [7, 11) is 0. The van der Waals surface area contributed by atoms with E-state index in [1.165, 1.54) is 12.1 Å². The zero-order valence-corrected chi connectivity index (χ0v) is 12.7. The third-order valence-corrected chi connectivity index (χ3v) is 3.56. The molecule has 1 amide bonds. The third-order valence-electron chi connectivity index (χ3n) is 2.40.